The minimum atomic E-state index is 0.708. The highest BCUT2D eigenvalue weighted by Crippen LogP contribution is 2.29. The van der Waals surface area contributed by atoms with E-state index >= 15 is 0 Å². The Morgan fingerprint density at radius 3 is 2.00 bits per heavy atom. The van der Waals surface area contributed by atoms with Crippen LogP contribution in [0, 0.1) is 11.8 Å². The molecule has 0 aromatic heterocycles. The monoisotopic (exact) mass is 266 g/mol. The Morgan fingerprint density at radius 1 is 0.947 bits per heavy atom. The van der Waals surface area contributed by atoms with Gasteiger partial charge >= 0.3 is 0 Å². The summed E-state index contributed by atoms with van der Waals surface area (Å²) < 4.78 is 0. The molecule has 2 rings (SSSR count). The lowest BCUT2D eigenvalue weighted by Crippen LogP contribution is -2.46. The molecule has 1 unspecified atom stereocenters. The minimum Gasteiger partial charge on any atom is -0.311 e. The van der Waals surface area contributed by atoms with E-state index in [1.807, 2.05) is 0 Å². The number of hydrogen-bond donors (Lipinski definition) is 1. The minimum absolute atomic E-state index is 0.708. The molecule has 112 valence electrons. The van der Waals surface area contributed by atoms with Crippen LogP contribution in [0.1, 0.15) is 65.7 Å². The lowest BCUT2D eigenvalue weighted by Gasteiger charge is -2.37. The molecule has 0 radical (unpaired) electrons. The Kier molecular flexibility index (Phi) is 6.15. The van der Waals surface area contributed by atoms with Crippen molar-refractivity contribution in [2.24, 2.45) is 11.8 Å². The molecule has 1 saturated carbocycles. The molecule has 1 N–H and O–H groups in total. The fourth-order valence-corrected chi connectivity index (χ4v) is 4.14. The van der Waals surface area contributed by atoms with E-state index in [1.54, 1.807) is 0 Å². The molecule has 2 atom stereocenters. The van der Waals surface area contributed by atoms with E-state index in [0.717, 1.165) is 17.9 Å². The number of nitrogens with one attached hydrogen (secondary N) is 1. The summed E-state index contributed by atoms with van der Waals surface area (Å²) in [5.74, 6) is 1.85. The van der Waals surface area contributed by atoms with Crippen LogP contribution in [0.4, 0.5) is 0 Å². The van der Waals surface area contributed by atoms with E-state index in [1.165, 1.54) is 64.6 Å². The second-order valence-corrected chi connectivity index (χ2v) is 6.97. The molecule has 0 aromatic carbocycles. The van der Waals surface area contributed by atoms with Gasteiger partial charge in [-0.2, -0.15) is 0 Å². The van der Waals surface area contributed by atoms with Crippen molar-refractivity contribution < 1.29 is 0 Å². The van der Waals surface area contributed by atoms with Crippen LogP contribution in [-0.4, -0.2) is 36.6 Å². The molecule has 1 saturated heterocycles. The number of hydrogen-bond acceptors (Lipinski definition) is 2. The highest BCUT2D eigenvalue weighted by molar-refractivity contribution is 4.84. The average Bonchev–Trinajstić information content (AvgIpc) is 2.94. The Hall–Kier alpha value is -0.0800. The van der Waals surface area contributed by atoms with Gasteiger partial charge in [-0.3, -0.25) is 0 Å². The van der Waals surface area contributed by atoms with Gasteiger partial charge in [0.1, 0.15) is 0 Å². The second-order valence-electron chi connectivity index (χ2n) is 6.97. The van der Waals surface area contributed by atoms with E-state index in [2.05, 4.69) is 31.0 Å². The molecule has 1 aliphatic heterocycles. The van der Waals surface area contributed by atoms with Crippen LogP contribution in [0.2, 0.25) is 0 Å². The highest BCUT2D eigenvalue weighted by atomic mass is 15.1. The second kappa shape index (κ2) is 7.64. The molecule has 0 amide bonds. The molecular weight excluding hydrogens is 232 g/mol. The van der Waals surface area contributed by atoms with Crippen LogP contribution in [0.25, 0.3) is 0 Å². The molecule has 0 spiro atoms. The van der Waals surface area contributed by atoms with Crippen molar-refractivity contribution in [3.8, 4) is 0 Å². The fraction of sp³-hybridized carbons (Fsp3) is 1.00. The topological polar surface area (TPSA) is 15.3 Å². The molecular formula is C17H34N2. The van der Waals surface area contributed by atoms with Gasteiger partial charge in [0.2, 0.25) is 0 Å². The predicted molar refractivity (Wildman–Crippen MR) is 83.5 cm³/mol. The fourth-order valence-electron chi connectivity index (χ4n) is 4.14. The molecule has 0 bridgehead atoms. The maximum atomic E-state index is 3.92. The van der Waals surface area contributed by atoms with Crippen molar-refractivity contribution in [1.29, 1.82) is 0 Å². The maximum Gasteiger partial charge on any atom is 0.00705 e. The summed E-state index contributed by atoms with van der Waals surface area (Å²) in [4.78, 5) is 2.64. The number of likely N-dealkylation sites (tertiary alicyclic amines) is 1. The van der Waals surface area contributed by atoms with Crippen molar-refractivity contribution in [3.63, 3.8) is 0 Å². The first-order chi connectivity index (χ1) is 9.20. The molecule has 1 aliphatic carbocycles. The van der Waals surface area contributed by atoms with Gasteiger partial charge < -0.3 is 10.2 Å². The number of nitrogens with zero attached hydrogens (tertiary/aromatic N) is 1. The molecule has 2 heteroatoms. The summed E-state index contributed by atoms with van der Waals surface area (Å²) in [6, 6.07) is 1.44. The zero-order valence-corrected chi connectivity index (χ0v) is 13.3. The van der Waals surface area contributed by atoms with Gasteiger partial charge in [0, 0.05) is 12.1 Å². The summed E-state index contributed by atoms with van der Waals surface area (Å²) in [6.07, 6.45) is 9.92. The van der Waals surface area contributed by atoms with E-state index in [9.17, 15) is 0 Å². The lowest BCUT2D eigenvalue weighted by atomic mass is 9.88. The smallest absolute Gasteiger partial charge is 0.00705 e. The van der Waals surface area contributed by atoms with Gasteiger partial charge in [-0.1, -0.05) is 19.8 Å². The Morgan fingerprint density at radius 2 is 1.47 bits per heavy atom. The third kappa shape index (κ3) is 4.46. The van der Waals surface area contributed by atoms with Crippen LogP contribution >= 0.6 is 0 Å². The standard InChI is InChI=1S/C17H34N2/c1-4-11-19-12-9-17(10-13-19)15(3)18-14(2)16-7-5-6-8-16/h14-18H,4-13H2,1-3H3/t14-,15?/m1/s1. The van der Waals surface area contributed by atoms with Crippen LogP contribution in [-0.2, 0) is 0 Å². The Balaban J connectivity index is 1.70. The van der Waals surface area contributed by atoms with E-state index in [0.29, 0.717) is 6.04 Å². The lowest BCUT2D eigenvalue weighted by molar-refractivity contribution is 0.155. The summed E-state index contributed by atoms with van der Waals surface area (Å²) in [7, 11) is 0. The first-order valence-corrected chi connectivity index (χ1v) is 8.69. The van der Waals surface area contributed by atoms with Crippen LogP contribution in [0.15, 0.2) is 0 Å². The van der Waals surface area contributed by atoms with Gasteiger partial charge in [-0.15, -0.1) is 0 Å². The van der Waals surface area contributed by atoms with Crippen molar-refractivity contribution in [2.75, 3.05) is 19.6 Å². The van der Waals surface area contributed by atoms with Crippen molar-refractivity contribution in [3.05, 3.63) is 0 Å². The molecule has 1 heterocycles. The van der Waals surface area contributed by atoms with Crippen LogP contribution in [0.5, 0.6) is 0 Å². The zero-order valence-electron chi connectivity index (χ0n) is 13.3. The van der Waals surface area contributed by atoms with E-state index < -0.39 is 0 Å². The third-order valence-corrected chi connectivity index (χ3v) is 5.51. The maximum absolute atomic E-state index is 3.92. The highest BCUT2D eigenvalue weighted by Gasteiger charge is 2.27. The Bertz CT molecular complexity index is 240. The van der Waals surface area contributed by atoms with Gasteiger partial charge in [-0.05, 0) is 77.4 Å². The molecule has 0 aromatic rings. The van der Waals surface area contributed by atoms with Gasteiger partial charge in [-0.25, -0.2) is 0 Å². The van der Waals surface area contributed by atoms with Gasteiger partial charge in [0.05, 0.1) is 0 Å². The third-order valence-electron chi connectivity index (χ3n) is 5.51. The van der Waals surface area contributed by atoms with Crippen LogP contribution in [0.3, 0.4) is 0 Å². The Labute approximate surface area is 120 Å². The van der Waals surface area contributed by atoms with Crippen molar-refractivity contribution in [1.82, 2.24) is 10.2 Å². The number of rotatable bonds is 6. The average molecular weight is 266 g/mol. The molecule has 2 aliphatic rings. The largest absolute Gasteiger partial charge is 0.311 e. The van der Waals surface area contributed by atoms with Crippen molar-refractivity contribution >= 4 is 0 Å². The molecule has 2 fully saturated rings. The molecule has 19 heavy (non-hydrogen) atoms. The summed E-state index contributed by atoms with van der Waals surface area (Å²) in [5, 5.41) is 3.92. The number of piperidine rings is 1. The van der Waals surface area contributed by atoms with Gasteiger partial charge in [0.15, 0.2) is 0 Å². The van der Waals surface area contributed by atoms with Gasteiger partial charge in [0.25, 0.3) is 0 Å². The first kappa shape index (κ1) is 15.3. The normalized spacial score (nSPS) is 26.7. The SMILES string of the molecule is CCCN1CCC(C(C)N[C@H](C)C2CCCC2)CC1. The quantitative estimate of drug-likeness (QED) is 0.789. The summed E-state index contributed by atoms with van der Waals surface area (Å²) in [6.45, 7) is 11.1. The van der Waals surface area contributed by atoms with E-state index in [4.69, 9.17) is 0 Å². The predicted octanol–water partition coefficient (Wildman–Crippen LogP) is 3.67. The van der Waals surface area contributed by atoms with E-state index in [-0.39, 0.29) is 0 Å². The van der Waals surface area contributed by atoms with Crippen LogP contribution < -0.4 is 5.32 Å². The summed E-state index contributed by atoms with van der Waals surface area (Å²) >= 11 is 0. The zero-order chi connectivity index (χ0) is 13.7. The first-order valence-electron chi connectivity index (χ1n) is 8.69. The summed E-state index contributed by atoms with van der Waals surface area (Å²) in [5.41, 5.74) is 0. The molecule has 2 nitrogen and oxygen atoms in total. The van der Waals surface area contributed by atoms with Crippen molar-refractivity contribution in [2.45, 2.75) is 77.8 Å².